The Morgan fingerprint density at radius 1 is 0.857 bits per heavy atom. The summed E-state index contributed by atoms with van der Waals surface area (Å²) in [5.41, 5.74) is 2.45. The molecule has 0 aliphatic carbocycles. The first-order chi connectivity index (χ1) is 17.1. The van der Waals surface area contributed by atoms with Crippen LogP contribution in [0.15, 0.2) is 54.7 Å². The number of nitrogens with one attached hydrogen (secondary N) is 1. The van der Waals surface area contributed by atoms with Crippen molar-refractivity contribution in [3.05, 3.63) is 60.3 Å². The zero-order valence-electron chi connectivity index (χ0n) is 21.5. The largest absolute Gasteiger partial charge is 0.363 e. The second kappa shape index (κ2) is 12.4. The number of hydrogen-bond donors (Lipinski definition) is 1. The number of hydrogen-bond acceptors (Lipinski definition) is 7. The Labute approximate surface area is 210 Å². The van der Waals surface area contributed by atoms with Crippen molar-refractivity contribution in [2.75, 3.05) is 60.3 Å². The normalized spacial score (nSPS) is 13.7. The van der Waals surface area contributed by atoms with Crippen LogP contribution in [0.5, 0.6) is 0 Å². The van der Waals surface area contributed by atoms with Gasteiger partial charge in [-0.2, -0.15) is 9.97 Å². The lowest BCUT2D eigenvalue weighted by Gasteiger charge is -2.35. The van der Waals surface area contributed by atoms with Crippen LogP contribution in [-0.4, -0.2) is 55.2 Å². The van der Waals surface area contributed by atoms with Crippen LogP contribution in [-0.2, 0) is 6.42 Å². The van der Waals surface area contributed by atoms with E-state index in [1.54, 1.807) is 0 Å². The number of aryl methyl sites for hydroxylation is 1. The van der Waals surface area contributed by atoms with Crippen molar-refractivity contribution in [2.45, 2.75) is 45.4 Å². The van der Waals surface area contributed by atoms with Gasteiger partial charge in [0.2, 0.25) is 5.95 Å². The third-order valence-electron chi connectivity index (χ3n) is 6.49. The van der Waals surface area contributed by atoms with Gasteiger partial charge in [0, 0.05) is 58.2 Å². The minimum absolute atomic E-state index is 0.767. The average Bonchev–Trinajstić information content (AvgIpc) is 2.90. The van der Waals surface area contributed by atoms with E-state index >= 15 is 0 Å². The van der Waals surface area contributed by atoms with Crippen LogP contribution < -0.4 is 20.0 Å². The van der Waals surface area contributed by atoms with Gasteiger partial charge in [-0.3, -0.25) is 0 Å². The van der Waals surface area contributed by atoms with E-state index in [0.29, 0.717) is 0 Å². The first kappa shape index (κ1) is 24.8. The van der Waals surface area contributed by atoms with Crippen LogP contribution in [0.3, 0.4) is 0 Å². The third-order valence-corrected chi connectivity index (χ3v) is 6.49. The molecule has 1 N–H and O–H groups in total. The van der Waals surface area contributed by atoms with Crippen molar-refractivity contribution >= 4 is 29.1 Å². The van der Waals surface area contributed by atoms with Crippen LogP contribution in [0.1, 0.15) is 44.6 Å². The first-order valence-corrected chi connectivity index (χ1v) is 13.0. The predicted molar refractivity (Wildman–Crippen MR) is 147 cm³/mol. The molecule has 0 unspecified atom stereocenters. The van der Waals surface area contributed by atoms with Gasteiger partial charge in [-0.1, -0.05) is 50.8 Å². The molecule has 1 aromatic carbocycles. The quantitative estimate of drug-likeness (QED) is 0.368. The van der Waals surface area contributed by atoms with Crippen LogP contribution in [0.25, 0.3) is 0 Å². The summed E-state index contributed by atoms with van der Waals surface area (Å²) in [5, 5.41) is 3.50. The minimum Gasteiger partial charge on any atom is -0.363 e. The molecule has 3 aromatic rings. The molecule has 186 valence electrons. The molecular weight excluding hydrogens is 434 g/mol. The van der Waals surface area contributed by atoms with E-state index < -0.39 is 0 Å². The van der Waals surface area contributed by atoms with Crippen LogP contribution in [0.2, 0.25) is 0 Å². The van der Waals surface area contributed by atoms with E-state index in [1.807, 2.05) is 43.4 Å². The summed E-state index contributed by atoms with van der Waals surface area (Å²) in [7, 11) is 4.04. The summed E-state index contributed by atoms with van der Waals surface area (Å²) in [5.74, 6) is 3.51. The van der Waals surface area contributed by atoms with Crippen molar-refractivity contribution in [1.82, 2.24) is 15.0 Å². The van der Waals surface area contributed by atoms with Crippen LogP contribution in [0.4, 0.5) is 29.1 Å². The molecule has 7 nitrogen and oxygen atoms in total. The molecule has 1 fully saturated rings. The molecule has 0 radical (unpaired) electrons. The zero-order chi connectivity index (χ0) is 24.5. The van der Waals surface area contributed by atoms with E-state index in [2.05, 4.69) is 57.4 Å². The van der Waals surface area contributed by atoms with Gasteiger partial charge < -0.3 is 20.0 Å². The van der Waals surface area contributed by atoms with Crippen molar-refractivity contribution in [1.29, 1.82) is 0 Å². The van der Waals surface area contributed by atoms with Gasteiger partial charge in [0.25, 0.3) is 0 Å². The Morgan fingerprint density at radius 2 is 1.60 bits per heavy atom. The highest BCUT2D eigenvalue weighted by atomic mass is 15.3. The second-order valence-corrected chi connectivity index (χ2v) is 9.45. The number of anilines is 5. The molecule has 0 atom stereocenters. The molecule has 35 heavy (non-hydrogen) atoms. The summed E-state index contributed by atoms with van der Waals surface area (Å²) in [4.78, 5) is 20.8. The summed E-state index contributed by atoms with van der Waals surface area (Å²) < 4.78 is 0. The molecule has 0 saturated carbocycles. The van der Waals surface area contributed by atoms with Crippen LogP contribution >= 0.6 is 0 Å². The fraction of sp³-hybridized carbons (Fsp3) is 0.464. The van der Waals surface area contributed by atoms with E-state index in [4.69, 9.17) is 9.97 Å². The van der Waals surface area contributed by atoms with Gasteiger partial charge >= 0.3 is 0 Å². The highest BCUT2D eigenvalue weighted by Crippen LogP contribution is 2.24. The maximum absolute atomic E-state index is 4.88. The molecule has 2 aromatic heterocycles. The molecule has 1 saturated heterocycles. The number of piperazine rings is 1. The number of aromatic nitrogens is 3. The lowest BCUT2D eigenvalue weighted by atomic mass is 10.1. The molecule has 4 rings (SSSR count). The van der Waals surface area contributed by atoms with Crippen molar-refractivity contribution in [3.8, 4) is 0 Å². The maximum atomic E-state index is 4.88. The van der Waals surface area contributed by atoms with Crippen molar-refractivity contribution in [2.24, 2.45) is 0 Å². The van der Waals surface area contributed by atoms with E-state index in [9.17, 15) is 0 Å². The highest BCUT2D eigenvalue weighted by Gasteiger charge is 2.21. The molecule has 0 spiro atoms. The SMILES string of the molecule is CCCCCCCc1ccc(Nc2cc(N(C)C)nc(N3CCN(c4ccccn4)CC3)n2)cc1. The fourth-order valence-electron chi connectivity index (χ4n) is 4.37. The van der Waals surface area contributed by atoms with Crippen molar-refractivity contribution in [3.63, 3.8) is 0 Å². The Morgan fingerprint density at radius 3 is 2.29 bits per heavy atom. The summed E-state index contributed by atoms with van der Waals surface area (Å²) in [6, 6.07) is 16.8. The first-order valence-electron chi connectivity index (χ1n) is 13.0. The lowest BCUT2D eigenvalue weighted by Crippen LogP contribution is -2.47. The number of nitrogens with zero attached hydrogens (tertiary/aromatic N) is 6. The Balaban J connectivity index is 1.39. The van der Waals surface area contributed by atoms with Gasteiger partial charge in [-0.05, 0) is 42.7 Å². The second-order valence-electron chi connectivity index (χ2n) is 9.45. The topological polar surface area (TPSA) is 60.4 Å². The fourth-order valence-corrected chi connectivity index (χ4v) is 4.37. The number of benzene rings is 1. The molecule has 0 amide bonds. The molecule has 1 aliphatic rings. The Bertz CT molecular complexity index is 1030. The van der Waals surface area contributed by atoms with Gasteiger partial charge in [-0.15, -0.1) is 0 Å². The van der Waals surface area contributed by atoms with Gasteiger partial charge in [-0.25, -0.2) is 4.98 Å². The number of pyridine rings is 1. The predicted octanol–water partition coefficient (Wildman–Crippen LogP) is 5.52. The Kier molecular flexibility index (Phi) is 8.76. The third kappa shape index (κ3) is 7.07. The van der Waals surface area contributed by atoms with Gasteiger partial charge in [0.05, 0.1) is 0 Å². The minimum atomic E-state index is 0.767. The summed E-state index contributed by atoms with van der Waals surface area (Å²) >= 11 is 0. The van der Waals surface area contributed by atoms with E-state index in [-0.39, 0.29) is 0 Å². The Hall–Kier alpha value is -3.35. The highest BCUT2D eigenvalue weighted by molar-refractivity contribution is 5.62. The number of unbranched alkanes of at least 4 members (excludes halogenated alkanes) is 4. The van der Waals surface area contributed by atoms with E-state index in [1.165, 1.54) is 37.7 Å². The molecule has 0 bridgehead atoms. The average molecular weight is 474 g/mol. The van der Waals surface area contributed by atoms with Crippen LogP contribution in [0, 0.1) is 0 Å². The van der Waals surface area contributed by atoms with Gasteiger partial charge in [0.15, 0.2) is 0 Å². The number of rotatable bonds is 11. The monoisotopic (exact) mass is 473 g/mol. The zero-order valence-corrected chi connectivity index (χ0v) is 21.5. The molecule has 1 aliphatic heterocycles. The maximum Gasteiger partial charge on any atom is 0.229 e. The molecular formula is C28H39N7. The smallest absolute Gasteiger partial charge is 0.229 e. The molecule has 7 heteroatoms. The van der Waals surface area contributed by atoms with Gasteiger partial charge in [0.1, 0.15) is 17.5 Å². The van der Waals surface area contributed by atoms with Crippen molar-refractivity contribution < 1.29 is 0 Å². The molecule has 3 heterocycles. The van der Waals surface area contributed by atoms with E-state index in [0.717, 1.165) is 61.7 Å². The summed E-state index contributed by atoms with van der Waals surface area (Å²) in [6.07, 6.45) is 9.57. The standard InChI is InChI=1S/C28H39N7/c1-4-5-6-7-8-11-23-13-15-24(16-14-23)30-25-22-27(33(2)3)32-28(31-25)35-20-18-34(19-21-35)26-12-9-10-17-29-26/h9-10,12-17,22H,4-8,11,18-21H2,1-3H3,(H,30,31,32). The summed E-state index contributed by atoms with van der Waals surface area (Å²) in [6.45, 7) is 5.78. The lowest BCUT2D eigenvalue weighted by molar-refractivity contribution is 0.632.